The predicted molar refractivity (Wildman–Crippen MR) is 69.0 cm³/mol. The van der Waals surface area contributed by atoms with Crippen molar-refractivity contribution in [2.75, 3.05) is 6.54 Å². The second kappa shape index (κ2) is 5.72. The first-order valence-electron chi connectivity index (χ1n) is 5.00. The van der Waals surface area contributed by atoms with Crippen molar-refractivity contribution in [3.8, 4) is 0 Å². The number of aromatic nitrogens is 2. The third-order valence-electron chi connectivity index (χ3n) is 2.21. The van der Waals surface area contributed by atoms with Crippen LogP contribution in [0.4, 0.5) is 0 Å². The zero-order chi connectivity index (χ0) is 11.4. The van der Waals surface area contributed by atoms with Crippen molar-refractivity contribution in [3.05, 3.63) is 31.9 Å². The van der Waals surface area contributed by atoms with E-state index in [1.165, 1.54) is 16.2 Å². The van der Waals surface area contributed by atoms with Crippen LogP contribution < -0.4 is 0 Å². The van der Waals surface area contributed by atoms with E-state index in [1.54, 1.807) is 11.3 Å². The Morgan fingerprint density at radius 3 is 2.81 bits per heavy atom. The molecule has 0 amide bonds. The molecule has 0 aliphatic rings. The van der Waals surface area contributed by atoms with Gasteiger partial charge in [0, 0.05) is 11.4 Å². The maximum atomic E-state index is 5.76. The van der Waals surface area contributed by atoms with Crippen molar-refractivity contribution in [2.45, 2.75) is 20.0 Å². The van der Waals surface area contributed by atoms with Crippen LogP contribution in [0.25, 0.3) is 0 Å². The SMILES string of the molecule is CCN(Cc1cccs1)Cc1nnc(Cl)s1. The van der Waals surface area contributed by atoms with Crippen LogP contribution in [-0.2, 0) is 13.1 Å². The summed E-state index contributed by atoms with van der Waals surface area (Å²) in [5, 5.41) is 10.9. The molecule has 6 heteroatoms. The highest BCUT2D eigenvalue weighted by atomic mass is 35.5. The van der Waals surface area contributed by atoms with Crippen LogP contribution in [0.2, 0.25) is 4.47 Å². The molecule has 0 aliphatic heterocycles. The summed E-state index contributed by atoms with van der Waals surface area (Å²) in [5.74, 6) is 0. The van der Waals surface area contributed by atoms with Gasteiger partial charge in [0.2, 0.25) is 4.47 Å². The lowest BCUT2D eigenvalue weighted by Crippen LogP contribution is -2.21. The van der Waals surface area contributed by atoms with Crippen LogP contribution in [-0.4, -0.2) is 21.6 Å². The number of halogens is 1. The molecule has 2 heterocycles. The third kappa shape index (κ3) is 3.25. The van der Waals surface area contributed by atoms with Gasteiger partial charge in [0.25, 0.3) is 0 Å². The van der Waals surface area contributed by atoms with Crippen LogP contribution in [0.1, 0.15) is 16.8 Å². The summed E-state index contributed by atoms with van der Waals surface area (Å²) in [4.78, 5) is 3.69. The van der Waals surface area contributed by atoms with E-state index < -0.39 is 0 Å². The lowest BCUT2D eigenvalue weighted by Gasteiger charge is -2.17. The molecule has 2 rings (SSSR count). The summed E-state index contributed by atoms with van der Waals surface area (Å²) in [5.41, 5.74) is 0. The Hall–Kier alpha value is -0.490. The minimum Gasteiger partial charge on any atom is -0.292 e. The summed E-state index contributed by atoms with van der Waals surface area (Å²) in [6.45, 7) is 4.93. The molecule has 0 aromatic carbocycles. The first kappa shape index (κ1) is 12.0. The molecule has 2 aromatic heterocycles. The van der Waals surface area contributed by atoms with E-state index >= 15 is 0 Å². The lowest BCUT2D eigenvalue weighted by molar-refractivity contribution is 0.273. The highest BCUT2D eigenvalue weighted by molar-refractivity contribution is 7.15. The highest BCUT2D eigenvalue weighted by Crippen LogP contribution is 2.18. The molecule has 16 heavy (non-hydrogen) atoms. The summed E-state index contributed by atoms with van der Waals surface area (Å²) in [6, 6.07) is 4.23. The maximum absolute atomic E-state index is 5.76. The number of thiophene rings is 1. The summed E-state index contributed by atoms with van der Waals surface area (Å²) >= 11 is 8.99. The Kier molecular flexibility index (Phi) is 4.29. The van der Waals surface area contributed by atoms with Crippen molar-refractivity contribution in [3.63, 3.8) is 0 Å². The lowest BCUT2D eigenvalue weighted by atomic mass is 10.4. The summed E-state index contributed by atoms with van der Waals surface area (Å²) < 4.78 is 0.516. The van der Waals surface area contributed by atoms with E-state index in [4.69, 9.17) is 11.6 Å². The van der Waals surface area contributed by atoms with E-state index in [9.17, 15) is 0 Å². The first-order chi connectivity index (χ1) is 7.78. The summed E-state index contributed by atoms with van der Waals surface area (Å²) in [6.07, 6.45) is 0. The molecule has 0 aliphatic carbocycles. The van der Waals surface area contributed by atoms with Gasteiger partial charge in [-0.3, -0.25) is 4.90 Å². The van der Waals surface area contributed by atoms with E-state index in [0.717, 1.165) is 24.6 Å². The van der Waals surface area contributed by atoms with E-state index in [0.29, 0.717) is 4.47 Å². The minimum atomic E-state index is 0.516. The molecule has 0 saturated carbocycles. The maximum Gasteiger partial charge on any atom is 0.207 e. The molecule has 2 aromatic rings. The van der Waals surface area contributed by atoms with Gasteiger partial charge in [0.1, 0.15) is 5.01 Å². The Morgan fingerprint density at radius 2 is 2.25 bits per heavy atom. The smallest absolute Gasteiger partial charge is 0.207 e. The Morgan fingerprint density at radius 1 is 1.38 bits per heavy atom. The molecule has 3 nitrogen and oxygen atoms in total. The number of nitrogens with zero attached hydrogens (tertiary/aromatic N) is 3. The molecule has 0 fully saturated rings. The first-order valence-corrected chi connectivity index (χ1v) is 7.08. The van der Waals surface area contributed by atoms with E-state index in [1.807, 2.05) is 0 Å². The van der Waals surface area contributed by atoms with Gasteiger partial charge in [0.15, 0.2) is 0 Å². The van der Waals surface area contributed by atoms with Gasteiger partial charge in [-0.2, -0.15) is 0 Å². The molecule has 0 saturated heterocycles. The average Bonchev–Trinajstić information content (AvgIpc) is 2.89. The molecular formula is C10H12ClN3S2. The van der Waals surface area contributed by atoms with Gasteiger partial charge in [-0.1, -0.05) is 24.3 Å². The number of rotatable bonds is 5. The van der Waals surface area contributed by atoms with Crippen molar-refractivity contribution >= 4 is 34.3 Å². The van der Waals surface area contributed by atoms with Crippen molar-refractivity contribution in [2.24, 2.45) is 0 Å². The van der Waals surface area contributed by atoms with Crippen molar-refractivity contribution in [1.29, 1.82) is 0 Å². The fourth-order valence-corrected chi connectivity index (χ4v) is 3.05. The van der Waals surface area contributed by atoms with Crippen LogP contribution in [0.5, 0.6) is 0 Å². The Labute approximate surface area is 108 Å². The molecule has 0 bridgehead atoms. The van der Waals surface area contributed by atoms with Gasteiger partial charge in [-0.15, -0.1) is 21.5 Å². The third-order valence-corrected chi connectivity index (χ3v) is 4.07. The molecule has 0 atom stereocenters. The highest BCUT2D eigenvalue weighted by Gasteiger charge is 2.09. The second-order valence-corrected chi connectivity index (χ2v) is 6.01. The summed E-state index contributed by atoms with van der Waals surface area (Å²) in [7, 11) is 0. The fourth-order valence-electron chi connectivity index (χ4n) is 1.39. The fraction of sp³-hybridized carbons (Fsp3) is 0.400. The topological polar surface area (TPSA) is 29.0 Å². The molecule has 0 unspecified atom stereocenters. The van der Waals surface area contributed by atoms with Crippen LogP contribution in [0.3, 0.4) is 0 Å². The minimum absolute atomic E-state index is 0.516. The van der Waals surface area contributed by atoms with Gasteiger partial charge in [-0.05, 0) is 29.6 Å². The zero-order valence-corrected chi connectivity index (χ0v) is 11.3. The molecule has 86 valence electrons. The molecular weight excluding hydrogens is 262 g/mol. The van der Waals surface area contributed by atoms with Crippen LogP contribution in [0, 0.1) is 0 Å². The van der Waals surface area contributed by atoms with Gasteiger partial charge in [0.05, 0.1) is 6.54 Å². The Bertz CT molecular complexity index is 427. The van der Waals surface area contributed by atoms with Gasteiger partial charge in [-0.25, -0.2) is 0 Å². The zero-order valence-electron chi connectivity index (χ0n) is 8.89. The van der Waals surface area contributed by atoms with Gasteiger partial charge < -0.3 is 0 Å². The number of hydrogen-bond acceptors (Lipinski definition) is 5. The monoisotopic (exact) mass is 273 g/mol. The average molecular weight is 274 g/mol. The normalized spacial score (nSPS) is 11.2. The van der Waals surface area contributed by atoms with Crippen LogP contribution >= 0.6 is 34.3 Å². The predicted octanol–water partition coefficient (Wildman–Crippen LogP) is 3.28. The largest absolute Gasteiger partial charge is 0.292 e. The molecule has 0 spiro atoms. The van der Waals surface area contributed by atoms with Crippen molar-refractivity contribution in [1.82, 2.24) is 15.1 Å². The second-order valence-electron chi connectivity index (χ2n) is 3.33. The molecule has 0 radical (unpaired) electrons. The quantitative estimate of drug-likeness (QED) is 0.837. The van der Waals surface area contributed by atoms with Crippen LogP contribution in [0.15, 0.2) is 17.5 Å². The van der Waals surface area contributed by atoms with Gasteiger partial charge >= 0.3 is 0 Å². The van der Waals surface area contributed by atoms with Crippen molar-refractivity contribution < 1.29 is 0 Å². The van der Waals surface area contributed by atoms with E-state index in [2.05, 4.69) is 39.5 Å². The molecule has 0 N–H and O–H groups in total. The standard InChI is InChI=1S/C10H12ClN3S2/c1-2-14(6-8-4-3-5-15-8)7-9-12-13-10(11)16-9/h3-5H,2,6-7H2,1H3. The Balaban J connectivity index is 1.95. The van der Waals surface area contributed by atoms with E-state index in [-0.39, 0.29) is 0 Å². The number of hydrogen-bond donors (Lipinski definition) is 0.